The summed E-state index contributed by atoms with van der Waals surface area (Å²) in [6, 6.07) is 0.128. The van der Waals surface area contributed by atoms with E-state index in [1.54, 1.807) is 0 Å². The van der Waals surface area contributed by atoms with Gasteiger partial charge in [0.1, 0.15) is 5.76 Å². The SMILES string of the molecule is NC(CSC1CCCC1)C1=CCCO1. The molecule has 0 saturated heterocycles. The Morgan fingerprint density at radius 2 is 2.29 bits per heavy atom. The second-order valence-electron chi connectivity index (χ2n) is 4.09. The van der Waals surface area contributed by atoms with E-state index in [4.69, 9.17) is 10.5 Å². The van der Waals surface area contributed by atoms with E-state index in [0.29, 0.717) is 0 Å². The van der Waals surface area contributed by atoms with Crippen molar-refractivity contribution in [1.82, 2.24) is 0 Å². The lowest BCUT2D eigenvalue weighted by Gasteiger charge is -2.15. The average molecular weight is 213 g/mol. The minimum atomic E-state index is 0.128. The van der Waals surface area contributed by atoms with Crippen LogP contribution in [0.4, 0.5) is 0 Å². The molecule has 0 aromatic heterocycles. The van der Waals surface area contributed by atoms with Gasteiger partial charge in [0.25, 0.3) is 0 Å². The Labute approximate surface area is 90.3 Å². The molecule has 1 aliphatic carbocycles. The summed E-state index contributed by atoms with van der Waals surface area (Å²) in [5.74, 6) is 2.05. The minimum Gasteiger partial charge on any atom is -0.496 e. The lowest BCUT2D eigenvalue weighted by atomic mass is 10.3. The molecule has 0 spiro atoms. The molecule has 2 aliphatic rings. The van der Waals surface area contributed by atoms with Crippen LogP contribution in [0, 0.1) is 0 Å². The van der Waals surface area contributed by atoms with Crippen LogP contribution in [0.2, 0.25) is 0 Å². The van der Waals surface area contributed by atoms with Gasteiger partial charge in [-0.15, -0.1) is 0 Å². The first-order valence-electron chi connectivity index (χ1n) is 5.56. The first-order valence-corrected chi connectivity index (χ1v) is 6.61. The molecule has 1 heterocycles. The third kappa shape index (κ3) is 2.67. The maximum Gasteiger partial charge on any atom is 0.110 e. The highest BCUT2D eigenvalue weighted by molar-refractivity contribution is 7.99. The fraction of sp³-hybridized carbons (Fsp3) is 0.818. The second-order valence-corrected chi connectivity index (χ2v) is 5.42. The van der Waals surface area contributed by atoms with E-state index in [2.05, 4.69) is 6.08 Å². The zero-order chi connectivity index (χ0) is 9.80. The largest absolute Gasteiger partial charge is 0.496 e. The van der Waals surface area contributed by atoms with E-state index in [1.165, 1.54) is 25.7 Å². The van der Waals surface area contributed by atoms with E-state index in [1.807, 2.05) is 11.8 Å². The zero-order valence-electron chi connectivity index (χ0n) is 8.58. The van der Waals surface area contributed by atoms with Crippen molar-refractivity contribution in [3.8, 4) is 0 Å². The van der Waals surface area contributed by atoms with Crippen molar-refractivity contribution < 1.29 is 4.74 Å². The molecular weight excluding hydrogens is 194 g/mol. The summed E-state index contributed by atoms with van der Waals surface area (Å²) in [5, 5.41) is 0.864. The van der Waals surface area contributed by atoms with Crippen LogP contribution in [0.1, 0.15) is 32.1 Å². The van der Waals surface area contributed by atoms with Crippen LogP contribution in [0.15, 0.2) is 11.8 Å². The summed E-state index contributed by atoms with van der Waals surface area (Å²) < 4.78 is 5.45. The topological polar surface area (TPSA) is 35.2 Å². The molecule has 1 aliphatic heterocycles. The Morgan fingerprint density at radius 3 is 2.93 bits per heavy atom. The normalized spacial score (nSPS) is 24.8. The lowest BCUT2D eigenvalue weighted by molar-refractivity contribution is 0.228. The highest BCUT2D eigenvalue weighted by atomic mass is 32.2. The molecule has 0 aromatic carbocycles. The molecule has 1 saturated carbocycles. The van der Waals surface area contributed by atoms with Gasteiger partial charge in [-0.1, -0.05) is 12.8 Å². The van der Waals surface area contributed by atoms with Crippen LogP contribution in [0.3, 0.4) is 0 Å². The molecule has 1 atom stereocenters. The van der Waals surface area contributed by atoms with Gasteiger partial charge in [0.05, 0.1) is 12.6 Å². The summed E-state index contributed by atoms with van der Waals surface area (Å²) in [6.45, 7) is 0.830. The molecule has 0 aromatic rings. The van der Waals surface area contributed by atoms with E-state index >= 15 is 0 Å². The van der Waals surface area contributed by atoms with Crippen molar-refractivity contribution in [1.29, 1.82) is 0 Å². The van der Waals surface area contributed by atoms with Crippen LogP contribution in [-0.4, -0.2) is 23.7 Å². The van der Waals surface area contributed by atoms with Crippen LogP contribution >= 0.6 is 11.8 Å². The van der Waals surface area contributed by atoms with Crippen molar-refractivity contribution in [2.24, 2.45) is 5.73 Å². The minimum absolute atomic E-state index is 0.128. The van der Waals surface area contributed by atoms with E-state index < -0.39 is 0 Å². The Bertz CT molecular complexity index is 211. The standard InChI is InChI=1S/C11H19NOS/c12-10(11-6-3-7-13-11)8-14-9-4-1-2-5-9/h6,9-10H,1-5,7-8,12H2. The van der Waals surface area contributed by atoms with Crippen LogP contribution in [0.5, 0.6) is 0 Å². The van der Waals surface area contributed by atoms with Gasteiger partial charge in [-0.3, -0.25) is 0 Å². The summed E-state index contributed by atoms with van der Waals surface area (Å²) in [7, 11) is 0. The van der Waals surface area contributed by atoms with Crippen molar-refractivity contribution in [2.75, 3.05) is 12.4 Å². The van der Waals surface area contributed by atoms with Gasteiger partial charge in [0.15, 0.2) is 0 Å². The third-order valence-electron chi connectivity index (χ3n) is 2.91. The maximum absolute atomic E-state index is 6.04. The molecule has 80 valence electrons. The first kappa shape index (κ1) is 10.4. The number of ether oxygens (including phenoxy) is 1. The molecule has 3 heteroatoms. The highest BCUT2D eigenvalue weighted by Crippen LogP contribution is 2.30. The summed E-state index contributed by atoms with van der Waals surface area (Å²) in [5.41, 5.74) is 6.04. The van der Waals surface area contributed by atoms with Gasteiger partial charge in [0.2, 0.25) is 0 Å². The number of hydrogen-bond acceptors (Lipinski definition) is 3. The number of nitrogens with two attached hydrogens (primary N) is 1. The van der Waals surface area contributed by atoms with E-state index in [-0.39, 0.29) is 6.04 Å². The zero-order valence-corrected chi connectivity index (χ0v) is 9.39. The number of hydrogen-bond donors (Lipinski definition) is 1. The van der Waals surface area contributed by atoms with Crippen molar-refractivity contribution in [3.05, 3.63) is 11.8 Å². The van der Waals surface area contributed by atoms with Crippen molar-refractivity contribution in [2.45, 2.75) is 43.4 Å². The predicted octanol–water partition coefficient (Wildman–Crippen LogP) is 2.29. The van der Waals surface area contributed by atoms with Crippen LogP contribution in [0.25, 0.3) is 0 Å². The van der Waals surface area contributed by atoms with Gasteiger partial charge in [-0.05, 0) is 18.9 Å². The quantitative estimate of drug-likeness (QED) is 0.778. The molecule has 0 amide bonds. The smallest absolute Gasteiger partial charge is 0.110 e. The Balaban J connectivity index is 1.68. The Kier molecular flexibility index (Phi) is 3.76. The van der Waals surface area contributed by atoms with Crippen LogP contribution in [-0.2, 0) is 4.74 Å². The Hall–Kier alpha value is -0.150. The summed E-state index contributed by atoms with van der Waals surface area (Å²) in [4.78, 5) is 0. The Morgan fingerprint density at radius 1 is 1.50 bits per heavy atom. The monoisotopic (exact) mass is 213 g/mol. The third-order valence-corrected chi connectivity index (χ3v) is 4.41. The maximum atomic E-state index is 6.04. The van der Waals surface area contributed by atoms with Gasteiger partial charge in [-0.2, -0.15) is 11.8 Å². The molecular formula is C11H19NOS. The van der Waals surface area contributed by atoms with E-state index in [0.717, 1.165) is 29.8 Å². The fourth-order valence-electron chi connectivity index (χ4n) is 2.07. The lowest BCUT2D eigenvalue weighted by Crippen LogP contribution is -2.26. The van der Waals surface area contributed by atoms with Crippen molar-refractivity contribution in [3.63, 3.8) is 0 Å². The van der Waals surface area contributed by atoms with Crippen LogP contribution < -0.4 is 5.73 Å². The fourth-order valence-corrected chi connectivity index (χ4v) is 3.38. The molecule has 2 nitrogen and oxygen atoms in total. The second kappa shape index (κ2) is 5.08. The predicted molar refractivity (Wildman–Crippen MR) is 61.3 cm³/mol. The van der Waals surface area contributed by atoms with Gasteiger partial charge in [-0.25, -0.2) is 0 Å². The molecule has 1 fully saturated rings. The average Bonchev–Trinajstić information content (AvgIpc) is 2.87. The number of rotatable bonds is 4. The molecule has 0 bridgehead atoms. The molecule has 14 heavy (non-hydrogen) atoms. The van der Waals surface area contributed by atoms with Gasteiger partial charge >= 0.3 is 0 Å². The van der Waals surface area contributed by atoms with Crippen molar-refractivity contribution >= 4 is 11.8 Å². The molecule has 0 radical (unpaired) electrons. The molecule has 1 unspecified atom stereocenters. The highest BCUT2D eigenvalue weighted by Gasteiger charge is 2.19. The molecule has 2 rings (SSSR count). The number of thioether (sulfide) groups is 1. The summed E-state index contributed by atoms with van der Waals surface area (Å²) >= 11 is 2.03. The summed E-state index contributed by atoms with van der Waals surface area (Å²) in [6.07, 6.45) is 8.77. The van der Waals surface area contributed by atoms with Gasteiger partial charge < -0.3 is 10.5 Å². The molecule has 2 N–H and O–H groups in total. The van der Waals surface area contributed by atoms with E-state index in [9.17, 15) is 0 Å². The first-order chi connectivity index (χ1) is 6.86. The van der Waals surface area contributed by atoms with Gasteiger partial charge in [0, 0.05) is 17.4 Å².